The van der Waals surface area contributed by atoms with E-state index in [0.29, 0.717) is 4.88 Å². The first kappa shape index (κ1) is 13.7. The molecule has 0 aromatic carbocycles. The normalized spacial score (nSPS) is 12.0. The summed E-state index contributed by atoms with van der Waals surface area (Å²) in [7, 11) is 1.30. The van der Waals surface area contributed by atoms with Gasteiger partial charge >= 0.3 is 5.97 Å². The van der Waals surface area contributed by atoms with E-state index >= 15 is 0 Å². The smallest absolute Gasteiger partial charge is 0.328 e. The molecule has 1 aromatic rings. The van der Waals surface area contributed by atoms with Crippen LogP contribution in [0.4, 0.5) is 0 Å². The molecule has 0 aliphatic heterocycles. The number of methoxy groups -OCH3 is 1. The van der Waals surface area contributed by atoms with Crippen molar-refractivity contribution in [2.75, 3.05) is 7.11 Å². The monoisotopic (exact) mass is 255 g/mol. The lowest BCUT2D eigenvalue weighted by atomic mass is 10.2. The molecule has 0 aliphatic rings. The van der Waals surface area contributed by atoms with Gasteiger partial charge in [-0.1, -0.05) is 6.92 Å². The molecule has 0 spiro atoms. The van der Waals surface area contributed by atoms with Gasteiger partial charge in [0.1, 0.15) is 6.04 Å². The Labute approximate surface area is 105 Å². The van der Waals surface area contributed by atoms with Crippen LogP contribution in [0.5, 0.6) is 0 Å². The molecule has 0 saturated heterocycles. The van der Waals surface area contributed by atoms with Crippen molar-refractivity contribution in [2.24, 2.45) is 0 Å². The number of hydrogen-bond acceptors (Lipinski definition) is 4. The van der Waals surface area contributed by atoms with Crippen molar-refractivity contribution in [2.45, 2.75) is 33.2 Å². The number of esters is 1. The van der Waals surface area contributed by atoms with Gasteiger partial charge in [-0.15, -0.1) is 11.3 Å². The van der Waals surface area contributed by atoms with Gasteiger partial charge in [0.2, 0.25) is 0 Å². The lowest BCUT2D eigenvalue weighted by Crippen LogP contribution is -2.38. The lowest BCUT2D eigenvalue weighted by molar-refractivity contribution is -0.142. The van der Waals surface area contributed by atoms with E-state index in [9.17, 15) is 9.59 Å². The van der Waals surface area contributed by atoms with Crippen LogP contribution in [0.1, 0.15) is 34.0 Å². The maximum absolute atomic E-state index is 11.8. The van der Waals surface area contributed by atoms with Crippen molar-refractivity contribution in [3.63, 3.8) is 0 Å². The second-order valence-electron chi connectivity index (χ2n) is 3.76. The number of nitrogens with one attached hydrogen (secondary N) is 1. The van der Waals surface area contributed by atoms with Crippen LogP contribution < -0.4 is 5.32 Å². The van der Waals surface area contributed by atoms with Crippen LogP contribution in [0.3, 0.4) is 0 Å². The minimum absolute atomic E-state index is 0.226. The maximum Gasteiger partial charge on any atom is 0.328 e. The highest BCUT2D eigenvalue weighted by Gasteiger charge is 2.18. The lowest BCUT2D eigenvalue weighted by Gasteiger charge is -2.10. The van der Waals surface area contributed by atoms with E-state index < -0.39 is 12.0 Å². The third-order valence-corrected chi connectivity index (χ3v) is 3.62. The van der Waals surface area contributed by atoms with Crippen LogP contribution in [0.15, 0.2) is 6.07 Å². The van der Waals surface area contributed by atoms with Crippen LogP contribution in [-0.4, -0.2) is 25.0 Å². The molecule has 1 unspecified atom stereocenters. The van der Waals surface area contributed by atoms with Gasteiger partial charge in [0.15, 0.2) is 0 Å². The van der Waals surface area contributed by atoms with Gasteiger partial charge in [-0.3, -0.25) is 4.79 Å². The maximum atomic E-state index is 11.8. The summed E-state index contributed by atoms with van der Waals surface area (Å²) in [5, 5.41) is 2.61. The van der Waals surface area contributed by atoms with E-state index in [0.717, 1.165) is 11.3 Å². The molecule has 0 aliphatic carbocycles. The number of carbonyl (C=O) groups is 2. The Kier molecular flexibility index (Phi) is 4.69. The van der Waals surface area contributed by atoms with Gasteiger partial charge in [-0.2, -0.15) is 0 Å². The van der Waals surface area contributed by atoms with E-state index in [4.69, 9.17) is 0 Å². The van der Waals surface area contributed by atoms with Crippen LogP contribution >= 0.6 is 11.3 Å². The summed E-state index contributed by atoms with van der Waals surface area (Å²) in [4.78, 5) is 24.8. The fourth-order valence-electron chi connectivity index (χ4n) is 1.49. The number of rotatable bonds is 4. The standard InChI is InChI=1S/C12H17NO3S/c1-5-9-6-10(17-8(9)3)11(14)13-7(2)12(15)16-4/h6-7H,5H2,1-4H3,(H,13,14). The fraction of sp³-hybridized carbons (Fsp3) is 0.500. The van der Waals surface area contributed by atoms with Gasteiger partial charge < -0.3 is 10.1 Å². The summed E-state index contributed by atoms with van der Waals surface area (Å²) >= 11 is 1.44. The molecule has 17 heavy (non-hydrogen) atoms. The summed E-state index contributed by atoms with van der Waals surface area (Å²) in [6.07, 6.45) is 0.905. The molecule has 1 amide bonds. The highest BCUT2D eigenvalue weighted by Crippen LogP contribution is 2.21. The number of thiophene rings is 1. The summed E-state index contributed by atoms with van der Waals surface area (Å²) in [6.45, 7) is 5.64. The highest BCUT2D eigenvalue weighted by atomic mass is 32.1. The third-order valence-electron chi connectivity index (χ3n) is 2.53. The number of carbonyl (C=O) groups excluding carboxylic acids is 2. The highest BCUT2D eigenvalue weighted by molar-refractivity contribution is 7.14. The Hall–Kier alpha value is -1.36. The third kappa shape index (κ3) is 3.30. The molecule has 5 heteroatoms. The first-order valence-electron chi connectivity index (χ1n) is 5.47. The molecule has 1 N–H and O–H groups in total. The van der Waals surface area contributed by atoms with Crippen LogP contribution in [0.2, 0.25) is 0 Å². The summed E-state index contributed by atoms with van der Waals surface area (Å²) < 4.78 is 4.55. The SMILES string of the molecule is CCc1cc(C(=O)NC(C)C(=O)OC)sc1C. The second kappa shape index (κ2) is 5.82. The van der Waals surface area contributed by atoms with E-state index in [1.54, 1.807) is 6.92 Å². The molecular weight excluding hydrogens is 238 g/mol. The number of hydrogen-bond donors (Lipinski definition) is 1. The van der Waals surface area contributed by atoms with Gasteiger partial charge in [-0.05, 0) is 31.9 Å². The zero-order valence-corrected chi connectivity index (χ0v) is 11.3. The van der Waals surface area contributed by atoms with Crippen LogP contribution in [0.25, 0.3) is 0 Å². The van der Waals surface area contributed by atoms with Crippen molar-refractivity contribution < 1.29 is 14.3 Å². The topological polar surface area (TPSA) is 55.4 Å². The summed E-state index contributed by atoms with van der Waals surface area (Å²) in [6, 6.07) is 1.25. The second-order valence-corrected chi connectivity index (χ2v) is 5.02. The molecule has 4 nitrogen and oxygen atoms in total. The molecule has 1 atom stereocenters. The molecule has 0 bridgehead atoms. The first-order chi connectivity index (χ1) is 7.99. The predicted octanol–water partition coefficient (Wildman–Crippen LogP) is 1.91. The molecule has 1 rings (SSSR count). The predicted molar refractivity (Wildman–Crippen MR) is 67.4 cm³/mol. The zero-order chi connectivity index (χ0) is 13.0. The van der Waals surface area contributed by atoms with Crippen molar-refractivity contribution >= 4 is 23.2 Å². The number of aryl methyl sites for hydroxylation is 2. The summed E-state index contributed by atoms with van der Waals surface area (Å²) in [5.74, 6) is -0.668. The fourth-order valence-corrected chi connectivity index (χ4v) is 2.50. The quantitative estimate of drug-likeness (QED) is 0.836. The Morgan fingerprint density at radius 1 is 1.53 bits per heavy atom. The van der Waals surface area contributed by atoms with E-state index in [-0.39, 0.29) is 5.91 Å². The zero-order valence-electron chi connectivity index (χ0n) is 10.5. The Bertz CT molecular complexity index is 425. The minimum atomic E-state index is -0.625. The minimum Gasteiger partial charge on any atom is -0.467 e. The average molecular weight is 255 g/mol. The van der Waals surface area contributed by atoms with Crippen molar-refractivity contribution in [3.8, 4) is 0 Å². The molecule has 1 aromatic heterocycles. The van der Waals surface area contributed by atoms with E-state index in [1.807, 2.05) is 19.9 Å². The van der Waals surface area contributed by atoms with Gasteiger partial charge in [0.05, 0.1) is 12.0 Å². The van der Waals surface area contributed by atoms with Crippen molar-refractivity contribution in [1.29, 1.82) is 0 Å². The van der Waals surface area contributed by atoms with Gasteiger partial charge in [0.25, 0.3) is 5.91 Å². The molecule has 0 fully saturated rings. The Balaban J connectivity index is 2.73. The first-order valence-corrected chi connectivity index (χ1v) is 6.29. The molecule has 94 valence electrons. The van der Waals surface area contributed by atoms with E-state index in [1.165, 1.54) is 24.0 Å². The number of amides is 1. The largest absolute Gasteiger partial charge is 0.467 e. The van der Waals surface area contributed by atoms with Crippen molar-refractivity contribution in [3.05, 3.63) is 21.4 Å². The van der Waals surface area contributed by atoms with E-state index in [2.05, 4.69) is 10.1 Å². The van der Waals surface area contributed by atoms with Crippen molar-refractivity contribution in [1.82, 2.24) is 5.32 Å². The summed E-state index contributed by atoms with van der Waals surface area (Å²) in [5.41, 5.74) is 1.17. The average Bonchev–Trinajstić information content (AvgIpc) is 2.69. The molecule has 0 saturated carbocycles. The molecular formula is C12H17NO3S. The van der Waals surface area contributed by atoms with Gasteiger partial charge in [-0.25, -0.2) is 4.79 Å². The molecule has 0 radical (unpaired) electrons. The Morgan fingerprint density at radius 3 is 2.65 bits per heavy atom. The Morgan fingerprint density at radius 2 is 2.18 bits per heavy atom. The van der Waals surface area contributed by atoms with Gasteiger partial charge in [0, 0.05) is 4.88 Å². The van der Waals surface area contributed by atoms with Crippen LogP contribution in [0, 0.1) is 6.92 Å². The molecule has 1 heterocycles. The number of ether oxygens (including phenoxy) is 1. The van der Waals surface area contributed by atoms with Crippen LogP contribution in [-0.2, 0) is 16.0 Å².